The van der Waals surface area contributed by atoms with Crippen molar-refractivity contribution in [3.05, 3.63) is 46.2 Å². The Bertz CT molecular complexity index is 745. The number of carbonyl (C=O) groups excluding carboxylic acids is 1. The molecule has 0 radical (unpaired) electrons. The molecule has 2 aliphatic rings. The van der Waals surface area contributed by atoms with Crippen molar-refractivity contribution in [2.75, 3.05) is 0 Å². The summed E-state index contributed by atoms with van der Waals surface area (Å²) in [5.74, 6) is 1.19. The zero-order valence-corrected chi connectivity index (χ0v) is 11.8. The highest BCUT2D eigenvalue weighted by Gasteiger charge is 2.42. The smallest absolute Gasteiger partial charge is 0.252 e. The van der Waals surface area contributed by atoms with E-state index < -0.39 is 0 Å². The third-order valence-corrected chi connectivity index (χ3v) is 4.55. The Morgan fingerprint density at radius 1 is 1.14 bits per heavy atom. The molecule has 0 bridgehead atoms. The lowest BCUT2D eigenvalue weighted by atomic mass is 10.0. The number of hydrogen-bond acceptors (Lipinski definition) is 2. The summed E-state index contributed by atoms with van der Waals surface area (Å²) in [5, 5.41) is 3.99. The van der Waals surface area contributed by atoms with Gasteiger partial charge in [0.25, 0.3) is 5.91 Å². The molecule has 0 atom stereocenters. The number of benzene rings is 1. The number of pyridine rings is 1. The third kappa shape index (κ3) is 2.46. The van der Waals surface area contributed by atoms with Crippen LogP contribution in [0, 0.1) is 11.8 Å². The van der Waals surface area contributed by atoms with E-state index in [4.69, 9.17) is 0 Å². The molecule has 0 unspecified atom stereocenters. The number of para-hydroxylation sites is 1. The number of aromatic amines is 1. The topological polar surface area (TPSA) is 62.0 Å². The highest BCUT2D eigenvalue weighted by molar-refractivity contribution is 6.06. The predicted molar refractivity (Wildman–Crippen MR) is 81.3 cm³/mol. The van der Waals surface area contributed by atoms with Crippen LogP contribution >= 0.6 is 0 Å². The van der Waals surface area contributed by atoms with Crippen molar-refractivity contribution >= 4 is 16.8 Å². The molecular weight excluding hydrogens is 264 g/mol. The van der Waals surface area contributed by atoms with Crippen LogP contribution in [0.25, 0.3) is 10.9 Å². The van der Waals surface area contributed by atoms with Gasteiger partial charge in [0, 0.05) is 23.0 Å². The highest BCUT2D eigenvalue weighted by atomic mass is 16.2. The van der Waals surface area contributed by atoms with Gasteiger partial charge in [0.1, 0.15) is 0 Å². The number of hydrogen-bond donors (Lipinski definition) is 2. The Hall–Kier alpha value is -2.10. The van der Waals surface area contributed by atoms with E-state index in [9.17, 15) is 9.59 Å². The molecule has 4 rings (SSSR count). The molecule has 1 amide bonds. The minimum Gasteiger partial charge on any atom is -0.349 e. The largest absolute Gasteiger partial charge is 0.349 e. The summed E-state index contributed by atoms with van der Waals surface area (Å²) in [6.45, 7) is 0. The lowest BCUT2D eigenvalue weighted by molar-refractivity contribution is 0.0928. The van der Waals surface area contributed by atoms with Gasteiger partial charge < -0.3 is 10.3 Å². The van der Waals surface area contributed by atoms with Gasteiger partial charge in [-0.2, -0.15) is 0 Å². The number of carbonyl (C=O) groups is 1. The van der Waals surface area contributed by atoms with Crippen LogP contribution in [0.5, 0.6) is 0 Å². The maximum atomic E-state index is 12.6. The van der Waals surface area contributed by atoms with E-state index in [0.29, 0.717) is 29.0 Å². The van der Waals surface area contributed by atoms with Crippen LogP contribution in [0.15, 0.2) is 35.1 Å². The van der Waals surface area contributed by atoms with Crippen molar-refractivity contribution in [1.29, 1.82) is 0 Å². The molecule has 0 saturated heterocycles. The lowest BCUT2D eigenvalue weighted by Crippen LogP contribution is -2.38. The Balaban J connectivity index is 1.68. The van der Waals surface area contributed by atoms with Crippen molar-refractivity contribution in [3.63, 3.8) is 0 Å². The summed E-state index contributed by atoms with van der Waals surface area (Å²) in [6, 6.07) is 9.16. The molecule has 1 heterocycles. The van der Waals surface area contributed by atoms with Gasteiger partial charge in [-0.25, -0.2) is 0 Å². The number of nitrogens with one attached hydrogen (secondary N) is 2. The summed E-state index contributed by atoms with van der Waals surface area (Å²) in [6.07, 6.45) is 4.88. The van der Waals surface area contributed by atoms with E-state index in [0.717, 1.165) is 5.39 Å². The van der Waals surface area contributed by atoms with Crippen LogP contribution in [0.2, 0.25) is 0 Å². The zero-order chi connectivity index (χ0) is 14.4. The average Bonchev–Trinajstić information content (AvgIpc) is 3.37. The second-order valence-corrected chi connectivity index (χ2v) is 6.27. The van der Waals surface area contributed by atoms with Gasteiger partial charge in [0.2, 0.25) is 5.56 Å². The molecule has 21 heavy (non-hydrogen) atoms. The summed E-state index contributed by atoms with van der Waals surface area (Å²) in [5.41, 5.74) is 0.971. The second kappa shape index (κ2) is 4.72. The predicted octanol–water partition coefficient (Wildman–Crippen LogP) is 2.45. The number of aromatic nitrogens is 1. The molecule has 1 aromatic heterocycles. The van der Waals surface area contributed by atoms with Gasteiger partial charge in [0.05, 0.1) is 5.56 Å². The molecule has 2 aromatic rings. The van der Waals surface area contributed by atoms with Crippen LogP contribution in [0.4, 0.5) is 0 Å². The number of amides is 1. The van der Waals surface area contributed by atoms with Crippen LogP contribution in [0.3, 0.4) is 0 Å². The Morgan fingerprint density at radius 3 is 2.48 bits per heavy atom. The lowest BCUT2D eigenvalue weighted by Gasteiger charge is -2.18. The molecule has 108 valence electrons. The van der Waals surface area contributed by atoms with Crippen LogP contribution in [0.1, 0.15) is 36.0 Å². The van der Waals surface area contributed by atoms with Gasteiger partial charge in [-0.1, -0.05) is 18.2 Å². The van der Waals surface area contributed by atoms with Gasteiger partial charge in [-0.05, 0) is 43.6 Å². The molecule has 1 aromatic carbocycles. The standard InChI is InChI=1S/C17H18N2O2/c20-15-9-13(12-3-1-2-4-14(12)18-15)17(21)19-16(10-5-6-10)11-7-8-11/h1-4,9-11,16H,5-8H2,(H,18,20)(H,19,21). The fourth-order valence-electron chi connectivity index (χ4n) is 3.15. The monoisotopic (exact) mass is 282 g/mol. The van der Waals surface area contributed by atoms with Gasteiger partial charge in [-0.15, -0.1) is 0 Å². The van der Waals surface area contributed by atoms with Crippen molar-refractivity contribution < 1.29 is 4.79 Å². The molecule has 2 fully saturated rings. The van der Waals surface area contributed by atoms with Crippen LogP contribution in [-0.2, 0) is 0 Å². The Labute approximate surface area is 122 Å². The molecule has 0 aliphatic heterocycles. The highest BCUT2D eigenvalue weighted by Crippen LogP contribution is 2.44. The minimum absolute atomic E-state index is 0.110. The van der Waals surface area contributed by atoms with Crippen LogP contribution in [-0.4, -0.2) is 16.9 Å². The average molecular weight is 282 g/mol. The van der Waals surface area contributed by atoms with E-state index in [1.54, 1.807) is 0 Å². The van der Waals surface area contributed by atoms with E-state index in [1.807, 2.05) is 24.3 Å². The van der Waals surface area contributed by atoms with E-state index in [2.05, 4.69) is 10.3 Å². The quantitative estimate of drug-likeness (QED) is 0.904. The Morgan fingerprint density at radius 2 is 1.81 bits per heavy atom. The molecular formula is C17H18N2O2. The molecule has 4 heteroatoms. The zero-order valence-electron chi connectivity index (χ0n) is 11.8. The molecule has 0 spiro atoms. The molecule has 2 N–H and O–H groups in total. The van der Waals surface area contributed by atoms with Gasteiger partial charge >= 0.3 is 0 Å². The van der Waals surface area contributed by atoms with E-state index in [-0.39, 0.29) is 11.5 Å². The van der Waals surface area contributed by atoms with Crippen molar-refractivity contribution in [2.45, 2.75) is 31.7 Å². The first-order chi connectivity index (χ1) is 10.2. The fraction of sp³-hybridized carbons (Fsp3) is 0.412. The fourth-order valence-corrected chi connectivity index (χ4v) is 3.15. The van der Waals surface area contributed by atoms with E-state index >= 15 is 0 Å². The summed E-state index contributed by atoms with van der Waals surface area (Å²) in [4.78, 5) is 27.1. The third-order valence-electron chi connectivity index (χ3n) is 4.55. The summed E-state index contributed by atoms with van der Waals surface area (Å²) >= 11 is 0. The van der Waals surface area contributed by atoms with Crippen molar-refractivity contribution in [2.24, 2.45) is 11.8 Å². The maximum Gasteiger partial charge on any atom is 0.252 e. The maximum absolute atomic E-state index is 12.6. The molecule has 2 saturated carbocycles. The SMILES string of the molecule is O=C(NC(C1CC1)C1CC1)c1cc(=O)[nH]c2ccccc12. The minimum atomic E-state index is -0.228. The Kier molecular flexibility index (Phi) is 2.84. The molecule has 4 nitrogen and oxygen atoms in total. The number of fused-ring (bicyclic) bond motifs is 1. The van der Waals surface area contributed by atoms with Crippen LogP contribution < -0.4 is 10.9 Å². The van der Waals surface area contributed by atoms with Gasteiger partial charge in [0.15, 0.2) is 0 Å². The summed E-state index contributed by atoms with van der Waals surface area (Å²) in [7, 11) is 0. The van der Waals surface area contributed by atoms with Crippen molar-refractivity contribution in [1.82, 2.24) is 10.3 Å². The van der Waals surface area contributed by atoms with Crippen molar-refractivity contribution in [3.8, 4) is 0 Å². The van der Waals surface area contributed by atoms with Gasteiger partial charge in [-0.3, -0.25) is 9.59 Å². The van der Waals surface area contributed by atoms with E-state index in [1.165, 1.54) is 31.7 Å². The summed E-state index contributed by atoms with van der Waals surface area (Å²) < 4.78 is 0. The first-order valence-electron chi connectivity index (χ1n) is 7.65. The first kappa shape index (κ1) is 12.6. The number of rotatable bonds is 4. The molecule has 2 aliphatic carbocycles. The first-order valence-corrected chi connectivity index (χ1v) is 7.65. The second-order valence-electron chi connectivity index (χ2n) is 6.27. The number of H-pyrrole nitrogens is 1. The normalized spacial score (nSPS) is 18.1.